The predicted octanol–water partition coefficient (Wildman–Crippen LogP) is 2.35. The molecule has 1 rings (SSSR count). The average Bonchev–Trinajstić information content (AvgIpc) is 2.39. The Kier molecular flexibility index (Phi) is 6.02. The maximum absolute atomic E-state index is 12.2. The van der Waals surface area contributed by atoms with Gasteiger partial charge in [0.15, 0.2) is 0 Å². The van der Waals surface area contributed by atoms with E-state index < -0.39 is 0 Å². The fourth-order valence-electron chi connectivity index (χ4n) is 1.85. The second-order valence-electron chi connectivity index (χ2n) is 5.84. The third-order valence-electron chi connectivity index (χ3n) is 3.60. The molecule has 0 saturated carbocycles. The molecular weight excluding hydrogens is 250 g/mol. The normalized spacial score (nSPS) is 11.4. The van der Waals surface area contributed by atoms with Gasteiger partial charge in [-0.2, -0.15) is 0 Å². The molecule has 0 aliphatic heterocycles. The molecule has 112 valence electrons. The number of rotatable bonds is 6. The van der Waals surface area contributed by atoms with Gasteiger partial charge in [0.2, 0.25) is 5.91 Å². The molecule has 1 amide bonds. The molecule has 0 aliphatic carbocycles. The summed E-state index contributed by atoms with van der Waals surface area (Å²) in [5.41, 5.74) is 7.63. The molecule has 4 heteroatoms. The summed E-state index contributed by atoms with van der Waals surface area (Å²) in [6.45, 7) is 9.47. The molecule has 2 N–H and O–H groups in total. The largest absolute Gasteiger partial charge is 0.399 e. The number of carbonyl (C=O) groups excluding carboxylic acids is 1. The van der Waals surface area contributed by atoms with Gasteiger partial charge >= 0.3 is 0 Å². The van der Waals surface area contributed by atoms with Crippen LogP contribution in [0.2, 0.25) is 0 Å². The molecule has 0 atom stereocenters. The highest BCUT2D eigenvalue weighted by atomic mass is 16.2. The Morgan fingerprint density at radius 2 is 1.65 bits per heavy atom. The van der Waals surface area contributed by atoms with Gasteiger partial charge in [-0.05, 0) is 45.4 Å². The number of hydrogen-bond acceptors (Lipinski definition) is 3. The Labute approximate surface area is 122 Å². The first-order valence-corrected chi connectivity index (χ1v) is 7.15. The zero-order valence-corrected chi connectivity index (χ0v) is 13.3. The van der Waals surface area contributed by atoms with Crippen LogP contribution in [0, 0.1) is 0 Å². The summed E-state index contributed by atoms with van der Waals surface area (Å²) in [6.07, 6.45) is 0. The van der Waals surface area contributed by atoms with E-state index in [1.54, 1.807) is 4.90 Å². The molecule has 1 aromatic rings. The number of anilines is 1. The highest BCUT2D eigenvalue weighted by molar-refractivity contribution is 5.78. The number of nitrogen functional groups attached to an aromatic ring is 1. The molecule has 0 saturated heterocycles. The van der Waals surface area contributed by atoms with Crippen LogP contribution in [-0.4, -0.2) is 41.4 Å². The second-order valence-corrected chi connectivity index (χ2v) is 5.84. The van der Waals surface area contributed by atoms with Crippen LogP contribution in [0.15, 0.2) is 24.3 Å². The summed E-state index contributed by atoms with van der Waals surface area (Å²) in [5, 5.41) is 0. The van der Waals surface area contributed by atoms with Gasteiger partial charge < -0.3 is 10.6 Å². The molecule has 0 bridgehead atoms. The van der Waals surface area contributed by atoms with E-state index in [4.69, 9.17) is 5.73 Å². The van der Waals surface area contributed by atoms with Crippen molar-refractivity contribution in [1.82, 2.24) is 9.80 Å². The molecule has 0 spiro atoms. The van der Waals surface area contributed by atoms with E-state index in [1.807, 2.05) is 45.2 Å². The molecule has 0 aliphatic rings. The number of benzene rings is 1. The minimum atomic E-state index is 0.157. The summed E-state index contributed by atoms with van der Waals surface area (Å²) < 4.78 is 0. The van der Waals surface area contributed by atoms with Gasteiger partial charge in [-0.15, -0.1) is 0 Å². The summed E-state index contributed by atoms with van der Waals surface area (Å²) >= 11 is 0. The SMILES string of the molecule is CC(C)N(CC(=O)N(C)C(C)C)Cc1ccc(N)cc1. The monoisotopic (exact) mass is 277 g/mol. The molecule has 0 aromatic heterocycles. The molecule has 0 fully saturated rings. The van der Waals surface area contributed by atoms with E-state index in [0.29, 0.717) is 12.6 Å². The van der Waals surface area contributed by atoms with Gasteiger partial charge in [-0.25, -0.2) is 0 Å². The summed E-state index contributed by atoms with van der Waals surface area (Å²) in [4.78, 5) is 16.2. The van der Waals surface area contributed by atoms with Crippen LogP contribution in [0.3, 0.4) is 0 Å². The fourth-order valence-corrected chi connectivity index (χ4v) is 1.85. The lowest BCUT2D eigenvalue weighted by molar-refractivity contribution is -0.133. The lowest BCUT2D eigenvalue weighted by Gasteiger charge is -2.29. The van der Waals surface area contributed by atoms with Crippen LogP contribution in [-0.2, 0) is 11.3 Å². The smallest absolute Gasteiger partial charge is 0.236 e. The number of nitrogens with zero attached hydrogens (tertiary/aromatic N) is 2. The molecule has 0 radical (unpaired) electrons. The molecule has 0 heterocycles. The van der Waals surface area contributed by atoms with Crippen molar-refractivity contribution in [1.29, 1.82) is 0 Å². The molecule has 1 aromatic carbocycles. The van der Waals surface area contributed by atoms with Crippen LogP contribution in [0.5, 0.6) is 0 Å². The van der Waals surface area contributed by atoms with Crippen LogP contribution in [0.1, 0.15) is 33.3 Å². The van der Waals surface area contributed by atoms with Crippen molar-refractivity contribution in [2.24, 2.45) is 0 Å². The Bertz CT molecular complexity index is 426. The molecule has 4 nitrogen and oxygen atoms in total. The Balaban J connectivity index is 2.70. The second kappa shape index (κ2) is 7.29. The molecule has 20 heavy (non-hydrogen) atoms. The lowest BCUT2D eigenvalue weighted by atomic mass is 10.1. The number of likely N-dealkylation sites (N-methyl/N-ethyl adjacent to an activating group) is 1. The fraction of sp³-hybridized carbons (Fsp3) is 0.562. The summed E-state index contributed by atoms with van der Waals surface area (Å²) in [6, 6.07) is 8.37. The van der Waals surface area contributed by atoms with Gasteiger partial charge in [0.25, 0.3) is 0 Å². The molecular formula is C16H27N3O. The van der Waals surface area contributed by atoms with Gasteiger partial charge in [0.05, 0.1) is 6.54 Å². The minimum absolute atomic E-state index is 0.157. The third-order valence-corrected chi connectivity index (χ3v) is 3.60. The highest BCUT2D eigenvalue weighted by Crippen LogP contribution is 2.11. The topological polar surface area (TPSA) is 49.6 Å². The first-order valence-electron chi connectivity index (χ1n) is 7.15. The van der Waals surface area contributed by atoms with E-state index in [9.17, 15) is 4.79 Å². The van der Waals surface area contributed by atoms with Crippen molar-refractivity contribution < 1.29 is 4.79 Å². The predicted molar refractivity (Wildman–Crippen MR) is 84.3 cm³/mol. The zero-order valence-electron chi connectivity index (χ0n) is 13.3. The number of hydrogen-bond donors (Lipinski definition) is 1. The van der Waals surface area contributed by atoms with E-state index >= 15 is 0 Å². The minimum Gasteiger partial charge on any atom is -0.399 e. The maximum Gasteiger partial charge on any atom is 0.236 e. The van der Waals surface area contributed by atoms with E-state index in [0.717, 1.165) is 12.2 Å². The quantitative estimate of drug-likeness (QED) is 0.812. The van der Waals surface area contributed by atoms with Crippen molar-refractivity contribution in [3.63, 3.8) is 0 Å². The van der Waals surface area contributed by atoms with E-state index in [1.165, 1.54) is 5.56 Å². The van der Waals surface area contributed by atoms with Crippen molar-refractivity contribution in [3.05, 3.63) is 29.8 Å². The Morgan fingerprint density at radius 1 is 1.10 bits per heavy atom. The lowest BCUT2D eigenvalue weighted by Crippen LogP contribution is -2.43. The van der Waals surface area contributed by atoms with Crippen molar-refractivity contribution >= 4 is 11.6 Å². The maximum atomic E-state index is 12.2. The summed E-state index contributed by atoms with van der Waals surface area (Å²) in [7, 11) is 1.86. The zero-order chi connectivity index (χ0) is 15.3. The molecule has 0 unspecified atom stereocenters. The van der Waals surface area contributed by atoms with Crippen LogP contribution < -0.4 is 5.73 Å². The van der Waals surface area contributed by atoms with Crippen molar-refractivity contribution in [2.75, 3.05) is 19.3 Å². The number of amides is 1. The van der Waals surface area contributed by atoms with Crippen LogP contribution in [0.4, 0.5) is 5.69 Å². The third kappa shape index (κ3) is 4.85. The average molecular weight is 277 g/mol. The number of nitrogens with two attached hydrogens (primary N) is 1. The Hall–Kier alpha value is -1.55. The van der Waals surface area contributed by atoms with Crippen molar-refractivity contribution in [3.8, 4) is 0 Å². The van der Waals surface area contributed by atoms with Crippen molar-refractivity contribution in [2.45, 2.75) is 46.3 Å². The van der Waals surface area contributed by atoms with E-state index in [-0.39, 0.29) is 11.9 Å². The van der Waals surface area contributed by atoms with Gasteiger partial charge in [0, 0.05) is 31.4 Å². The number of carbonyl (C=O) groups is 1. The van der Waals surface area contributed by atoms with Gasteiger partial charge in [-0.1, -0.05) is 12.1 Å². The first kappa shape index (κ1) is 16.5. The first-order chi connectivity index (χ1) is 9.31. The summed E-state index contributed by atoms with van der Waals surface area (Å²) in [5.74, 6) is 0.157. The van der Waals surface area contributed by atoms with Crippen LogP contribution >= 0.6 is 0 Å². The standard InChI is InChI=1S/C16H27N3O/c1-12(2)18(5)16(20)11-19(13(3)4)10-14-6-8-15(17)9-7-14/h6-9,12-13H,10-11,17H2,1-5H3. The highest BCUT2D eigenvalue weighted by Gasteiger charge is 2.18. The van der Waals surface area contributed by atoms with Crippen LogP contribution in [0.25, 0.3) is 0 Å². The van der Waals surface area contributed by atoms with E-state index in [2.05, 4.69) is 18.7 Å². The van der Waals surface area contributed by atoms with Gasteiger partial charge in [-0.3, -0.25) is 9.69 Å². The van der Waals surface area contributed by atoms with Gasteiger partial charge in [0.1, 0.15) is 0 Å². The Morgan fingerprint density at radius 3 is 2.10 bits per heavy atom.